The lowest BCUT2D eigenvalue weighted by molar-refractivity contribution is -0.123. The fraction of sp³-hybridized carbons (Fsp3) is 0.588. The highest BCUT2D eigenvalue weighted by atomic mass is 16.5. The number of likely N-dealkylation sites (tertiary alicyclic amines) is 1. The van der Waals surface area contributed by atoms with Gasteiger partial charge in [-0.3, -0.25) is 4.79 Å². The summed E-state index contributed by atoms with van der Waals surface area (Å²) in [6, 6.07) is 7.74. The Hall–Kier alpha value is -1.55. The molecule has 1 fully saturated rings. The number of hydrogen-bond acceptors (Lipinski definition) is 3. The molecule has 1 atom stereocenters. The zero-order valence-electron chi connectivity index (χ0n) is 13.1. The number of aryl methyl sites for hydroxylation is 1. The van der Waals surface area contributed by atoms with Crippen molar-refractivity contribution in [1.82, 2.24) is 10.2 Å². The maximum absolute atomic E-state index is 11.7. The van der Waals surface area contributed by atoms with Gasteiger partial charge < -0.3 is 15.0 Å². The molecule has 1 aromatic rings. The number of piperidine rings is 1. The molecule has 1 aliphatic rings. The van der Waals surface area contributed by atoms with Crippen LogP contribution in [0.4, 0.5) is 0 Å². The van der Waals surface area contributed by atoms with Crippen molar-refractivity contribution >= 4 is 5.91 Å². The summed E-state index contributed by atoms with van der Waals surface area (Å²) in [5, 5.41) is 2.94. The predicted molar refractivity (Wildman–Crippen MR) is 84.5 cm³/mol. The lowest BCUT2D eigenvalue weighted by Gasteiger charge is -2.29. The van der Waals surface area contributed by atoms with E-state index >= 15 is 0 Å². The molecule has 4 heteroatoms. The Morgan fingerprint density at radius 2 is 2.14 bits per heavy atom. The van der Waals surface area contributed by atoms with Crippen LogP contribution >= 0.6 is 0 Å². The number of rotatable bonds is 6. The molecule has 1 amide bonds. The lowest BCUT2D eigenvalue weighted by atomic mass is 9.95. The average molecular weight is 290 g/mol. The molecule has 21 heavy (non-hydrogen) atoms. The van der Waals surface area contributed by atoms with Crippen molar-refractivity contribution in [2.45, 2.75) is 26.2 Å². The second-order valence-corrected chi connectivity index (χ2v) is 6.01. The van der Waals surface area contributed by atoms with Crippen LogP contribution < -0.4 is 10.1 Å². The zero-order chi connectivity index (χ0) is 15.1. The molecular weight excluding hydrogens is 264 g/mol. The van der Waals surface area contributed by atoms with E-state index in [4.69, 9.17) is 4.74 Å². The minimum atomic E-state index is -0.0419. The fourth-order valence-electron chi connectivity index (χ4n) is 2.76. The van der Waals surface area contributed by atoms with Crippen molar-refractivity contribution in [3.05, 3.63) is 29.8 Å². The van der Waals surface area contributed by atoms with Crippen LogP contribution in [0.15, 0.2) is 24.3 Å². The minimum Gasteiger partial charge on any atom is -0.484 e. The van der Waals surface area contributed by atoms with Gasteiger partial charge in [0, 0.05) is 13.1 Å². The first kappa shape index (κ1) is 15.8. The second-order valence-electron chi connectivity index (χ2n) is 6.01. The quantitative estimate of drug-likeness (QED) is 0.873. The molecule has 0 unspecified atom stereocenters. The molecule has 0 saturated carbocycles. The Morgan fingerprint density at radius 1 is 1.38 bits per heavy atom. The van der Waals surface area contributed by atoms with E-state index in [0.717, 1.165) is 25.3 Å². The summed E-state index contributed by atoms with van der Waals surface area (Å²) in [5.74, 6) is 1.41. The number of benzene rings is 1. The number of carbonyl (C=O) groups is 1. The largest absolute Gasteiger partial charge is 0.484 e. The summed E-state index contributed by atoms with van der Waals surface area (Å²) >= 11 is 0. The van der Waals surface area contributed by atoms with Crippen LogP contribution in [-0.2, 0) is 4.79 Å². The molecule has 4 nitrogen and oxygen atoms in total. The molecule has 0 aliphatic carbocycles. The number of ether oxygens (including phenoxy) is 1. The summed E-state index contributed by atoms with van der Waals surface area (Å²) in [6.45, 7) is 5.21. The van der Waals surface area contributed by atoms with Crippen molar-refractivity contribution < 1.29 is 9.53 Å². The summed E-state index contributed by atoms with van der Waals surface area (Å²) in [4.78, 5) is 14.1. The van der Waals surface area contributed by atoms with Crippen molar-refractivity contribution in [2.24, 2.45) is 5.92 Å². The van der Waals surface area contributed by atoms with E-state index < -0.39 is 0 Å². The summed E-state index contributed by atoms with van der Waals surface area (Å²) in [5.41, 5.74) is 1.18. The summed E-state index contributed by atoms with van der Waals surface area (Å²) < 4.78 is 5.46. The highest BCUT2D eigenvalue weighted by molar-refractivity contribution is 5.77. The van der Waals surface area contributed by atoms with Crippen LogP contribution in [0.2, 0.25) is 0 Å². The smallest absolute Gasteiger partial charge is 0.257 e. The predicted octanol–water partition coefficient (Wildman–Crippen LogP) is 2.22. The Balaban J connectivity index is 1.60. The molecule has 1 aromatic carbocycles. The fourth-order valence-corrected chi connectivity index (χ4v) is 2.76. The molecule has 1 saturated heterocycles. The number of amides is 1. The third kappa shape index (κ3) is 5.76. The number of nitrogens with zero attached hydrogens (tertiary/aromatic N) is 1. The average Bonchev–Trinajstić information content (AvgIpc) is 2.47. The van der Waals surface area contributed by atoms with Gasteiger partial charge in [0.25, 0.3) is 5.91 Å². The SMILES string of the molecule is Cc1ccc(OCC(=O)NCC[C@@H]2CCCN(C)C2)cc1. The zero-order valence-corrected chi connectivity index (χ0v) is 13.1. The van der Waals surface area contributed by atoms with E-state index in [1.54, 1.807) is 0 Å². The van der Waals surface area contributed by atoms with Crippen LogP contribution in [0, 0.1) is 12.8 Å². The molecular formula is C17H26N2O2. The Labute approximate surface area is 127 Å². The van der Waals surface area contributed by atoms with Crippen LogP contribution in [0.3, 0.4) is 0 Å². The molecule has 116 valence electrons. The molecule has 1 heterocycles. The van der Waals surface area contributed by atoms with Crippen molar-refractivity contribution in [2.75, 3.05) is 33.3 Å². The van der Waals surface area contributed by atoms with Crippen molar-refractivity contribution in [3.8, 4) is 5.75 Å². The molecule has 0 aromatic heterocycles. The number of nitrogens with one attached hydrogen (secondary N) is 1. The number of hydrogen-bond donors (Lipinski definition) is 1. The van der Waals surface area contributed by atoms with Crippen LogP contribution in [0.25, 0.3) is 0 Å². The van der Waals surface area contributed by atoms with E-state index in [0.29, 0.717) is 5.92 Å². The summed E-state index contributed by atoms with van der Waals surface area (Å²) in [6.07, 6.45) is 3.60. The van der Waals surface area contributed by atoms with Crippen LogP contribution in [0.1, 0.15) is 24.8 Å². The molecule has 1 N–H and O–H groups in total. The molecule has 0 radical (unpaired) electrons. The van der Waals surface area contributed by atoms with Gasteiger partial charge in [0.05, 0.1) is 0 Å². The van der Waals surface area contributed by atoms with Gasteiger partial charge in [-0.2, -0.15) is 0 Å². The van der Waals surface area contributed by atoms with Gasteiger partial charge in [-0.05, 0) is 57.8 Å². The molecule has 0 spiro atoms. The van der Waals surface area contributed by atoms with Gasteiger partial charge in [-0.1, -0.05) is 17.7 Å². The summed E-state index contributed by atoms with van der Waals surface area (Å²) in [7, 11) is 2.17. The first-order valence-electron chi connectivity index (χ1n) is 7.78. The van der Waals surface area contributed by atoms with Crippen LogP contribution in [-0.4, -0.2) is 44.1 Å². The Kier molecular flexibility index (Phi) is 6.05. The monoisotopic (exact) mass is 290 g/mol. The van der Waals surface area contributed by atoms with E-state index in [1.807, 2.05) is 31.2 Å². The first-order valence-corrected chi connectivity index (χ1v) is 7.78. The van der Waals surface area contributed by atoms with Gasteiger partial charge in [0.1, 0.15) is 5.75 Å². The van der Waals surface area contributed by atoms with Gasteiger partial charge in [0.2, 0.25) is 0 Å². The molecule has 1 aliphatic heterocycles. The van der Waals surface area contributed by atoms with Gasteiger partial charge in [0.15, 0.2) is 6.61 Å². The third-order valence-electron chi connectivity index (χ3n) is 3.99. The van der Waals surface area contributed by atoms with E-state index in [1.165, 1.54) is 24.9 Å². The second kappa shape index (κ2) is 8.03. The van der Waals surface area contributed by atoms with Gasteiger partial charge >= 0.3 is 0 Å². The molecule has 0 bridgehead atoms. The van der Waals surface area contributed by atoms with Crippen molar-refractivity contribution in [3.63, 3.8) is 0 Å². The minimum absolute atomic E-state index is 0.0419. The van der Waals surface area contributed by atoms with Crippen molar-refractivity contribution in [1.29, 1.82) is 0 Å². The first-order chi connectivity index (χ1) is 10.1. The van der Waals surface area contributed by atoms with E-state index in [-0.39, 0.29) is 12.5 Å². The number of carbonyl (C=O) groups excluding carboxylic acids is 1. The third-order valence-corrected chi connectivity index (χ3v) is 3.99. The molecule has 2 rings (SSSR count). The van der Waals surface area contributed by atoms with Crippen LogP contribution in [0.5, 0.6) is 5.75 Å². The normalized spacial score (nSPS) is 19.2. The highest BCUT2D eigenvalue weighted by Gasteiger charge is 2.16. The van der Waals surface area contributed by atoms with E-state index in [2.05, 4.69) is 17.3 Å². The van der Waals surface area contributed by atoms with E-state index in [9.17, 15) is 4.79 Å². The lowest BCUT2D eigenvalue weighted by Crippen LogP contribution is -2.35. The van der Waals surface area contributed by atoms with Gasteiger partial charge in [-0.25, -0.2) is 0 Å². The maximum Gasteiger partial charge on any atom is 0.257 e. The highest BCUT2D eigenvalue weighted by Crippen LogP contribution is 2.17. The Bertz CT molecular complexity index is 445. The maximum atomic E-state index is 11.7. The Morgan fingerprint density at radius 3 is 2.86 bits per heavy atom. The standard InChI is InChI=1S/C17H26N2O2/c1-14-5-7-16(8-6-14)21-13-17(20)18-10-9-15-4-3-11-19(2)12-15/h5-8,15H,3-4,9-13H2,1-2H3,(H,18,20)/t15-/m0/s1. The van der Waals surface area contributed by atoms with Gasteiger partial charge in [-0.15, -0.1) is 0 Å². The topological polar surface area (TPSA) is 41.6 Å².